The molecule has 0 unspecified atom stereocenters. The number of halogens is 4. The number of carbonyl (C=O) groups is 2. The maximum absolute atomic E-state index is 14.6. The number of carboxylic acid groups (broad SMARTS) is 1. The van der Waals surface area contributed by atoms with Crippen LogP contribution in [-0.4, -0.2) is 51.2 Å². The molecule has 0 bridgehead atoms. The van der Waals surface area contributed by atoms with E-state index in [1.807, 2.05) is 22.6 Å². The molecule has 2 aliphatic rings. The van der Waals surface area contributed by atoms with Gasteiger partial charge in [0.05, 0.1) is 30.0 Å². The molecular formula is C23H25F3IN3O4. The zero-order valence-corrected chi connectivity index (χ0v) is 20.5. The van der Waals surface area contributed by atoms with E-state index in [2.05, 4.69) is 5.32 Å². The molecule has 1 saturated carbocycles. The first-order valence-corrected chi connectivity index (χ1v) is 11.6. The SMILES string of the molecule is CC(=O)O.NC1(C2(O)CN(C(=O)c3ccc(F)c(F)c3Nc3ccc(I)cc3F)C2)CCCC1. The summed E-state index contributed by atoms with van der Waals surface area (Å²) in [4.78, 5) is 23.3. The van der Waals surface area contributed by atoms with Gasteiger partial charge in [0.2, 0.25) is 0 Å². The number of hydrogen-bond acceptors (Lipinski definition) is 5. The number of nitrogens with one attached hydrogen (secondary N) is 1. The van der Waals surface area contributed by atoms with Crippen molar-refractivity contribution in [2.75, 3.05) is 18.4 Å². The molecular weight excluding hydrogens is 566 g/mol. The fraction of sp³-hybridized carbons (Fsp3) is 0.391. The minimum atomic E-state index is -1.28. The monoisotopic (exact) mass is 591 g/mol. The number of anilines is 2. The lowest BCUT2D eigenvalue weighted by Crippen LogP contribution is -2.76. The van der Waals surface area contributed by atoms with E-state index < -0.39 is 46.2 Å². The summed E-state index contributed by atoms with van der Waals surface area (Å²) in [6, 6.07) is 6.22. The van der Waals surface area contributed by atoms with Crippen LogP contribution in [0.15, 0.2) is 30.3 Å². The first kappa shape index (κ1) is 26.2. The second-order valence-electron chi connectivity index (χ2n) is 8.61. The Bertz CT molecular complexity index is 1100. The molecule has 0 aromatic heterocycles. The van der Waals surface area contributed by atoms with Crippen LogP contribution in [0, 0.1) is 21.0 Å². The number of amides is 1. The topological polar surface area (TPSA) is 116 Å². The fourth-order valence-electron chi connectivity index (χ4n) is 4.26. The lowest BCUT2D eigenvalue weighted by Gasteiger charge is -2.54. The Labute approximate surface area is 208 Å². The van der Waals surface area contributed by atoms with Gasteiger partial charge in [-0.1, -0.05) is 12.8 Å². The summed E-state index contributed by atoms with van der Waals surface area (Å²) in [5, 5.41) is 20.8. The molecule has 0 radical (unpaired) electrons. The van der Waals surface area contributed by atoms with Crippen molar-refractivity contribution in [3.05, 3.63) is 56.9 Å². The first-order chi connectivity index (χ1) is 15.9. The molecule has 11 heteroatoms. The molecule has 0 spiro atoms. The number of aliphatic carboxylic acids is 1. The van der Waals surface area contributed by atoms with E-state index in [0.717, 1.165) is 31.9 Å². The van der Waals surface area contributed by atoms with E-state index in [-0.39, 0.29) is 24.3 Å². The zero-order chi connectivity index (χ0) is 25.3. The number of hydrogen-bond donors (Lipinski definition) is 4. The van der Waals surface area contributed by atoms with Gasteiger partial charge in [-0.25, -0.2) is 13.2 Å². The van der Waals surface area contributed by atoms with E-state index in [0.29, 0.717) is 16.4 Å². The van der Waals surface area contributed by atoms with Crippen molar-refractivity contribution >= 4 is 45.8 Å². The van der Waals surface area contributed by atoms with Crippen LogP contribution in [0.25, 0.3) is 0 Å². The first-order valence-electron chi connectivity index (χ1n) is 10.6. The predicted octanol–water partition coefficient (Wildman–Crippen LogP) is 4.00. The molecule has 2 fully saturated rings. The van der Waals surface area contributed by atoms with Crippen LogP contribution in [0.1, 0.15) is 43.0 Å². The average Bonchev–Trinajstić information content (AvgIpc) is 3.18. The van der Waals surface area contributed by atoms with Gasteiger partial charge in [-0.05, 0) is 65.8 Å². The molecule has 1 aliphatic carbocycles. The highest BCUT2D eigenvalue weighted by atomic mass is 127. The van der Waals surface area contributed by atoms with Gasteiger partial charge in [0, 0.05) is 16.0 Å². The summed E-state index contributed by atoms with van der Waals surface area (Å²) in [6.45, 7) is 1.11. The Hall–Kier alpha value is -2.38. The van der Waals surface area contributed by atoms with Crippen molar-refractivity contribution in [3.8, 4) is 0 Å². The zero-order valence-electron chi connectivity index (χ0n) is 18.4. The van der Waals surface area contributed by atoms with Gasteiger partial charge in [0.25, 0.3) is 11.9 Å². The third-order valence-corrected chi connectivity index (χ3v) is 6.80. The van der Waals surface area contributed by atoms with Crippen LogP contribution >= 0.6 is 22.6 Å². The minimum absolute atomic E-state index is 0.0126. The molecule has 7 nitrogen and oxygen atoms in total. The van der Waals surface area contributed by atoms with Gasteiger partial charge in [0.15, 0.2) is 11.6 Å². The van der Waals surface area contributed by atoms with Crippen molar-refractivity contribution in [2.24, 2.45) is 5.73 Å². The lowest BCUT2D eigenvalue weighted by molar-refractivity contribution is -0.134. The van der Waals surface area contributed by atoms with Crippen molar-refractivity contribution < 1.29 is 33.0 Å². The Morgan fingerprint density at radius 2 is 1.68 bits per heavy atom. The molecule has 4 rings (SSSR count). The van der Waals surface area contributed by atoms with Crippen LogP contribution < -0.4 is 11.1 Å². The summed E-state index contributed by atoms with van der Waals surface area (Å²) in [6.07, 6.45) is 3.20. The second-order valence-corrected chi connectivity index (χ2v) is 9.85. The number of benzene rings is 2. The molecule has 1 amide bonds. The molecule has 1 aliphatic heterocycles. The van der Waals surface area contributed by atoms with Crippen LogP contribution in [0.3, 0.4) is 0 Å². The number of rotatable bonds is 4. The van der Waals surface area contributed by atoms with Gasteiger partial charge in [-0.15, -0.1) is 0 Å². The summed E-state index contributed by atoms with van der Waals surface area (Å²) < 4.78 is 43.3. The summed E-state index contributed by atoms with van der Waals surface area (Å²) in [5.74, 6) is -4.52. The standard InChI is InChI=1S/C21H21F3IN3O2.C2H4O2/c22-14-5-4-13(18(17(14)24)27-16-6-3-12(25)9-15(16)23)19(29)28-10-21(30,11-28)20(26)7-1-2-8-20;1-2(3)4/h3-6,9,27,30H,1-2,7-8,10-11,26H2;1H3,(H,3,4). The van der Waals surface area contributed by atoms with E-state index in [4.69, 9.17) is 15.6 Å². The largest absolute Gasteiger partial charge is 0.481 e. The Balaban J connectivity index is 0.000000751. The van der Waals surface area contributed by atoms with Crippen LogP contribution in [-0.2, 0) is 4.79 Å². The number of nitrogens with two attached hydrogens (primary N) is 1. The van der Waals surface area contributed by atoms with Crippen molar-refractivity contribution in [1.82, 2.24) is 4.90 Å². The van der Waals surface area contributed by atoms with E-state index in [1.165, 1.54) is 17.0 Å². The van der Waals surface area contributed by atoms with Gasteiger partial charge in [-0.2, -0.15) is 0 Å². The third-order valence-electron chi connectivity index (χ3n) is 6.13. The second kappa shape index (κ2) is 10.1. The van der Waals surface area contributed by atoms with Crippen LogP contribution in [0.5, 0.6) is 0 Å². The number of likely N-dealkylation sites (tertiary alicyclic amines) is 1. The molecule has 5 N–H and O–H groups in total. The molecule has 34 heavy (non-hydrogen) atoms. The number of β-amino-alcohol motifs (C(OH)–C–C–N with tert-alkyl or cyclic N) is 1. The van der Waals surface area contributed by atoms with Gasteiger partial charge in [-0.3, -0.25) is 9.59 Å². The number of carbonyl (C=O) groups excluding carboxylic acids is 1. The maximum Gasteiger partial charge on any atom is 0.300 e. The third kappa shape index (κ3) is 5.31. The maximum atomic E-state index is 14.6. The normalized spacial score (nSPS) is 17.9. The van der Waals surface area contributed by atoms with Gasteiger partial charge < -0.3 is 26.2 Å². The van der Waals surface area contributed by atoms with Gasteiger partial charge >= 0.3 is 0 Å². The highest BCUT2D eigenvalue weighted by Gasteiger charge is 2.57. The minimum Gasteiger partial charge on any atom is -0.481 e. The summed E-state index contributed by atoms with van der Waals surface area (Å²) in [7, 11) is 0. The molecule has 0 atom stereocenters. The average molecular weight is 591 g/mol. The summed E-state index contributed by atoms with van der Waals surface area (Å²) >= 11 is 1.93. The van der Waals surface area contributed by atoms with Gasteiger partial charge in [0.1, 0.15) is 11.4 Å². The molecule has 1 saturated heterocycles. The highest BCUT2D eigenvalue weighted by molar-refractivity contribution is 14.1. The highest BCUT2D eigenvalue weighted by Crippen LogP contribution is 2.42. The lowest BCUT2D eigenvalue weighted by atomic mass is 9.73. The number of carboxylic acids is 1. The number of nitrogens with zero attached hydrogens (tertiary/aromatic N) is 1. The van der Waals surface area contributed by atoms with Crippen molar-refractivity contribution in [1.29, 1.82) is 0 Å². The quantitative estimate of drug-likeness (QED) is 0.400. The Kier molecular flexibility index (Phi) is 7.78. The summed E-state index contributed by atoms with van der Waals surface area (Å²) in [5.41, 5.74) is 3.73. The van der Waals surface area contributed by atoms with E-state index >= 15 is 0 Å². The van der Waals surface area contributed by atoms with Crippen LogP contribution in [0.4, 0.5) is 24.5 Å². The molecule has 2 aromatic carbocycles. The fourth-order valence-corrected chi connectivity index (χ4v) is 4.72. The van der Waals surface area contributed by atoms with Crippen LogP contribution in [0.2, 0.25) is 0 Å². The van der Waals surface area contributed by atoms with Crippen molar-refractivity contribution in [2.45, 2.75) is 43.7 Å². The van der Waals surface area contributed by atoms with E-state index in [9.17, 15) is 23.1 Å². The Morgan fingerprint density at radius 1 is 1.09 bits per heavy atom. The molecule has 1 heterocycles. The predicted molar refractivity (Wildman–Crippen MR) is 128 cm³/mol. The molecule has 2 aromatic rings. The van der Waals surface area contributed by atoms with E-state index in [1.54, 1.807) is 6.07 Å². The molecule has 184 valence electrons. The number of aliphatic hydroxyl groups is 1. The van der Waals surface area contributed by atoms with Crippen molar-refractivity contribution in [3.63, 3.8) is 0 Å². The Morgan fingerprint density at radius 3 is 2.24 bits per heavy atom. The smallest absolute Gasteiger partial charge is 0.300 e.